The average molecular weight is 346 g/mol. The fourth-order valence-electron chi connectivity index (χ4n) is 2.30. The number of aliphatic imine (C=N–C) groups is 1. The molecule has 0 radical (unpaired) electrons. The molecular weight excluding hydrogens is 326 g/mol. The molecule has 1 aromatic rings. The molecule has 0 unspecified atom stereocenters. The number of hydrogen-bond acceptors (Lipinski definition) is 4. The molecule has 0 aromatic heterocycles. The maximum Gasteiger partial charge on any atom is 0.221 e. The zero-order valence-electron chi connectivity index (χ0n) is 14.4. The van der Waals surface area contributed by atoms with Gasteiger partial charge in [-0.1, -0.05) is 11.6 Å². The van der Waals surface area contributed by atoms with Crippen molar-refractivity contribution in [1.29, 1.82) is 0 Å². The molecule has 0 fully saturated rings. The van der Waals surface area contributed by atoms with E-state index < -0.39 is 0 Å². The molecule has 0 heterocycles. The number of nitrogens with zero attached hydrogens (tertiary/aromatic N) is 2. The van der Waals surface area contributed by atoms with Crippen LogP contribution in [0.5, 0.6) is 0 Å². The number of carbonyl (C=O) groups excluding carboxylic acids is 2. The molecule has 24 heavy (non-hydrogen) atoms. The van der Waals surface area contributed by atoms with Crippen molar-refractivity contribution in [3.63, 3.8) is 0 Å². The Morgan fingerprint density at radius 2 is 1.92 bits per heavy atom. The molecule has 0 spiro atoms. The van der Waals surface area contributed by atoms with Crippen LogP contribution in [-0.2, 0) is 9.59 Å². The lowest BCUT2D eigenvalue weighted by Crippen LogP contribution is -2.29. The van der Waals surface area contributed by atoms with Crippen LogP contribution in [0.3, 0.4) is 0 Å². The Balaban J connectivity index is 2.48. The average Bonchev–Trinajstić information content (AvgIpc) is 2.51. The second-order valence-electron chi connectivity index (χ2n) is 5.87. The lowest BCUT2D eigenvalue weighted by molar-refractivity contribution is -0.120. The number of hydrogen-bond donors (Lipinski definition) is 1. The lowest BCUT2D eigenvalue weighted by Gasteiger charge is -2.17. The van der Waals surface area contributed by atoms with Gasteiger partial charge in [-0.25, -0.2) is 4.99 Å². The van der Waals surface area contributed by atoms with Gasteiger partial charge in [0.1, 0.15) is 0 Å². The molecule has 1 aromatic carbocycles. The minimum Gasteiger partial charge on any atom is -0.378 e. The van der Waals surface area contributed by atoms with Gasteiger partial charge in [0.15, 0.2) is 0 Å². The number of carbonyl (C=O) groups is 2. The lowest BCUT2D eigenvalue weighted by atomic mass is 10.0. The van der Waals surface area contributed by atoms with E-state index in [0.717, 1.165) is 16.9 Å². The molecule has 1 amide bonds. The van der Waals surface area contributed by atoms with Gasteiger partial charge in [0.2, 0.25) is 11.7 Å². The molecule has 0 atom stereocenters. The topological polar surface area (TPSA) is 61.8 Å². The summed E-state index contributed by atoms with van der Waals surface area (Å²) in [6, 6.07) is 5.89. The van der Waals surface area contributed by atoms with E-state index in [1.807, 2.05) is 44.1 Å². The van der Waals surface area contributed by atoms with Crippen molar-refractivity contribution >= 4 is 40.4 Å². The van der Waals surface area contributed by atoms with Crippen LogP contribution in [0.15, 0.2) is 45.6 Å². The highest BCUT2D eigenvalue weighted by Crippen LogP contribution is 2.28. The zero-order valence-corrected chi connectivity index (χ0v) is 15.2. The second kappa shape index (κ2) is 7.01. The van der Waals surface area contributed by atoms with Gasteiger partial charge in [0, 0.05) is 32.3 Å². The Kier molecular flexibility index (Phi) is 5.24. The molecule has 1 aliphatic carbocycles. The second-order valence-corrected chi connectivity index (χ2v) is 6.25. The van der Waals surface area contributed by atoms with Crippen molar-refractivity contribution in [3.05, 3.63) is 46.1 Å². The smallest absolute Gasteiger partial charge is 0.221 e. The third-order valence-corrected chi connectivity index (χ3v) is 4.15. The molecule has 126 valence electrons. The molecule has 1 N–H and O–H groups in total. The summed E-state index contributed by atoms with van der Waals surface area (Å²) in [5.41, 5.74) is 3.83. The van der Waals surface area contributed by atoms with Gasteiger partial charge in [0.25, 0.3) is 0 Å². The van der Waals surface area contributed by atoms with E-state index >= 15 is 0 Å². The zero-order chi connectivity index (χ0) is 18.0. The van der Waals surface area contributed by atoms with E-state index in [9.17, 15) is 9.59 Å². The molecular formula is C18H20ClN3O2. The normalized spacial score (nSPS) is 16.3. The molecule has 0 saturated heterocycles. The number of rotatable bonds is 3. The van der Waals surface area contributed by atoms with Crippen molar-refractivity contribution in [2.75, 3.05) is 19.0 Å². The van der Waals surface area contributed by atoms with Crippen LogP contribution < -0.4 is 10.2 Å². The number of halogens is 1. The maximum absolute atomic E-state index is 12.2. The minimum absolute atomic E-state index is 0.186. The third-order valence-electron chi connectivity index (χ3n) is 3.67. The highest BCUT2D eigenvalue weighted by molar-refractivity contribution is 6.49. The first-order valence-electron chi connectivity index (χ1n) is 7.48. The van der Waals surface area contributed by atoms with Gasteiger partial charge >= 0.3 is 0 Å². The Labute approximate surface area is 146 Å². The van der Waals surface area contributed by atoms with Gasteiger partial charge in [-0.05, 0) is 43.7 Å². The summed E-state index contributed by atoms with van der Waals surface area (Å²) in [6.45, 7) is 4.94. The van der Waals surface area contributed by atoms with E-state index in [1.54, 1.807) is 6.92 Å². The Morgan fingerprint density at radius 1 is 1.25 bits per heavy atom. The summed E-state index contributed by atoms with van der Waals surface area (Å²) in [5.74, 6) is -0.611. The quantitative estimate of drug-likeness (QED) is 0.855. The van der Waals surface area contributed by atoms with E-state index in [4.69, 9.17) is 11.6 Å². The van der Waals surface area contributed by atoms with Gasteiger partial charge in [-0.2, -0.15) is 0 Å². The molecule has 1 aliphatic rings. The SMILES string of the molecule is CC(=O)NC1=CC(=Nc2ccc(N(C)C)cc2C)C(Cl)=C(C)C1=O. The summed E-state index contributed by atoms with van der Waals surface area (Å²) < 4.78 is 0. The Morgan fingerprint density at radius 3 is 2.46 bits per heavy atom. The van der Waals surface area contributed by atoms with Crippen molar-refractivity contribution in [2.45, 2.75) is 20.8 Å². The first-order valence-corrected chi connectivity index (χ1v) is 7.86. The summed E-state index contributed by atoms with van der Waals surface area (Å²) in [7, 11) is 3.94. The first kappa shape index (κ1) is 17.9. The van der Waals surface area contributed by atoms with Crippen LogP contribution in [0.1, 0.15) is 19.4 Å². The molecule has 6 heteroatoms. The van der Waals surface area contributed by atoms with E-state index in [0.29, 0.717) is 16.3 Å². The van der Waals surface area contributed by atoms with Crippen LogP contribution in [0.25, 0.3) is 0 Å². The van der Waals surface area contributed by atoms with Gasteiger partial charge < -0.3 is 10.2 Å². The predicted molar refractivity (Wildman–Crippen MR) is 98.1 cm³/mol. The molecule has 2 rings (SSSR count). The number of benzene rings is 1. The minimum atomic E-state index is -0.314. The molecule has 5 nitrogen and oxygen atoms in total. The van der Waals surface area contributed by atoms with Crippen LogP contribution in [0.4, 0.5) is 11.4 Å². The van der Waals surface area contributed by atoms with Crippen LogP contribution in [0, 0.1) is 6.92 Å². The Hall–Kier alpha value is -2.40. The largest absolute Gasteiger partial charge is 0.378 e. The number of Topliss-reactive ketones (excluding diaryl/α,β-unsaturated/α-hetero) is 1. The standard InChI is InChI=1S/C18H20ClN3O2/c1-10-8-13(22(4)5)6-7-14(10)21-15-9-16(20-12(3)23)18(24)11(2)17(15)19/h6-9H,1-5H3,(H,20,23). The van der Waals surface area contributed by atoms with Gasteiger partial charge in [-0.15, -0.1) is 0 Å². The van der Waals surface area contributed by atoms with Crippen LogP contribution in [0.2, 0.25) is 0 Å². The van der Waals surface area contributed by atoms with Gasteiger partial charge in [0.05, 0.1) is 22.1 Å². The van der Waals surface area contributed by atoms with Crippen molar-refractivity contribution in [1.82, 2.24) is 5.32 Å². The van der Waals surface area contributed by atoms with Crippen molar-refractivity contribution < 1.29 is 9.59 Å². The highest BCUT2D eigenvalue weighted by atomic mass is 35.5. The fraction of sp³-hybridized carbons (Fsp3) is 0.278. The van der Waals surface area contributed by atoms with Crippen LogP contribution >= 0.6 is 11.6 Å². The summed E-state index contributed by atoms with van der Waals surface area (Å²) in [5, 5.41) is 2.83. The molecule has 0 bridgehead atoms. The van der Waals surface area contributed by atoms with E-state index in [2.05, 4.69) is 10.3 Å². The summed E-state index contributed by atoms with van der Waals surface area (Å²) in [6.07, 6.45) is 1.51. The predicted octanol–water partition coefficient (Wildman–Crippen LogP) is 3.25. The fourth-order valence-corrected chi connectivity index (χ4v) is 2.48. The number of aryl methyl sites for hydroxylation is 1. The number of amides is 1. The summed E-state index contributed by atoms with van der Waals surface area (Å²) in [4.78, 5) is 30.0. The number of allylic oxidation sites excluding steroid dienone is 3. The third kappa shape index (κ3) is 3.74. The molecule has 0 saturated carbocycles. The van der Waals surface area contributed by atoms with Crippen LogP contribution in [-0.4, -0.2) is 31.5 Å². The summed E-state index contributed by atoms with van der Waals surface area (Å²) >= 11 is 6.28. The first-order chi connectivity index (χ1) is 11.2. The molecule has 0 aliphatic heterocycles. The maximum atomic E-state index is 12.2. The van der Waals surface area contributed by atoms with E-state index in [-0.39, 0.29) is 17.4 Å². The number of anilines is 1. The number of ketones is 1. The highest BCUT2D eigenvalue weighted by Gasteiger charge is 2.24. The monoisotopic (exact) mass is 345 g/mol. The van der Waals surface area contributed by atoms with Crippen molar-refractivity contribution in [3.8, 4) is 0 Å². The Bertz CT molecular complexity index is 804. The van der Waals surface area contributed by atoms with Gasteiger partial charge in [-0.3, -0.25) is 9.59 Å². The number of nitrogens with one attached hydrogen (secondary N) is 1. The van der Waals surface area contributed by atoms with Crippen molar-refractivity contribution in [2.24, 2.45) is 4.99 Å². The van der Waals surface area contributed by atoms with E-state index in [1.165, 1.54) is 13.0 Å².